The number of halogens is 3. The van der Waals surface area contributed by atoms with Crippen LogP contribution in [0, 0.1) is 0 Å². The number of pyridine rings is 1. The smallest absolute Gasteiger partial charge is 0.416 e. The molecule has 16 heavy (non-hydrogen) atoms. The lowest BCUT2D eigenvalue weighted by atomic mass is 10.0. The summed E-state index contributed by atoms with van der Waals surface area (Å²) in [5.41, 5.74) is 4.04. The summed E-state index contributed by atoms with van der Waals surface area (Å²) in [4.78, 5) is 14.0. The predicted molar refractivity (Wildman–Crippen MR) is 48.6 cm³/mol. The third kappa shape index (κ3) is 2.93. The second-order valence-corrected chi connectivity index (χ2v) is 3.18. The number of aromatic nitrogens is 1. The van der Waals surface area contributed by atoms with E-state index in [4.69, 9.17) is 10.8 Å². The summed E-state index contributed by atoms with van der Waals surface area (Å²) in [6, 6.07) is -0.575. The molecular weight excluding hydrogens is 225 g/mol. The van der Waals surface area contributed by atoms with Crippen molar-refractivity contribution in [1.82, 2.24) is 4.98 Å². The lowest BCUT2D eigenvalue weighted by Crippen LogP contribution is -2.33. The molecule has 0 aliphatic carbocycles. The average Bonchev–Trinajstić information content (AvgIpc) is 2.16. The van der Waals surface area contributed by atoms with Gasteiger partial charge in [-0.3, -0.25) is 9.78 Å². The van der Waals surface area contributed by atoms with Crippen molar-refractivity contribution >= 4 is 5.97 Å². The Labute approximate surface area is 88.9 Å². The van der Waals surface area contributed by atoms with Gasteiger partial charge in [0.05, 0.1) is 5.56 Å². The number of alkyl halides is 3. The molecule has 0 amide bonds. The van der Waals surface area contributed by atoms with E-state index in [1.54, 1.807) is 0 Å². The van der Waals surface area contributed by atoms with Crippen LogP contribution in [0.1, 0.15) is 11.1 Å². The molecule has 0 aliphatic heterocycles. The van der Waals surface area contributed by atoms with Gasteiger partial charge in [-0.05, 0) is 11.6 Å². The second-order valence-electron chi connectivity index (χ2n) is 3.18. The molecule has 1 rings (SSSR count). The highest BCUT2D eigenvalue weighted by Gasteiger charge is 2.33. The van der Waals surface area contributed by atoms with Crippen LogP contribution in [0.2, 0.25) is 0 Å². The fourth-order valence-electron chi connectivity index (χ4n) is 1.19. The van der Waals surface area contributed by atoms with E-state index in [1.165, 1.54) is 0 Å². The highest BCUT2D eigenvalue weighted by atomic mass is 19.4. The zero-order chi connectivity index (χ0) is 12.3. The van der Waals surface area contributed by atoms with E-state index < -0.39 is 30.2 Å². The lowest BCUT2D eigenvalue weighted by molar-refractivity contribution is -0.140. The number of hydrogen-bond acceptors (Lipinski definition) is 3. The quantitative estimate of drug-likeness (QED) is 0.819. The number of carbonyl (C=O) groups is 1. The zero-order valence-electron chi connectivity index (χ0n) is 8.03. The van der Waals surface area contributed by atoms with Crippen LogP contribution in [-0.2, 0) is 17.4 Å². The zero-order valence-corrected chi connectivity index (χ0v) is 8.03. The van der Waals surface area contributed by atoms with Gasteiger partial charge in [0.25, 0.3) is 0 Å². The molecule has 0 radical (unpaired) electrons. The van der Waals surface area contributed by atoms with E-state index >= 15 is 0 Å². The summed E-state index contributed by atoms with van der Waals surface area (Å²) in [6.07, 6.45) is -2.96. The van der Waals surface area contributed by atoms with Crippen LogP contribution in [0.5, 0.6) is 0 Å². The minimum atomic E-state index is -4.53. The fraction of sp³-hybridized carbons (Fsp3) is 0.333. The van der Waals surface area contributed by atoms with Gasteiger partial charge in [0.2, 0.25) is 0 Å². The molecule has 0 bridgehead atoms. The van der Waals surface area contributed by atoms with Gasteiger partial charge in [-0.15, -0.1) is 0 Å². The maximum atomic E-state index is 12.5. The summed E-state index contributed by atoms with van der Waals surface area (Å²) < 4.78 is 37.5. The Morgan fingerprint density at radius 2 is 2.19 bits per heavy atom. The van der Waals surface area contributed by atoms with E-state index in [0.717, 1.165) is 18.5 Å². The van der Waals surface area contributed by atoms with E-state index in [0.29, 0.717) is 0 Å². The van der Waals surface area contributed by atoms with Gasteiger partial charge in [-0.1, -0.05) is 0 Å². The molecule has 1 heterocycles. The summed E-state index contributed by atoms with van der Waals surface area (Å²) in [5, 5.41) is 8.51. The Morgan fingerprint density at radius 1 is 1.56 bits per heavy atom. The minimum Gasteiger partial charge on any atom is -0.480 e. The number of aliphatic carboxylic acids is 1. The Bertz CT molecular complexity index is 393. The van der Waals surface area contributed by atoms with E-state index in [-0.39, 0.29) is 5.56 Å². The van der Waals surface area contributed by atoms with Gasteiger partial charge < -0.3 is 10.8 Å². The van der Waals surface area contributed by atoms with Crippen molar-refractivity contribution in [3.63, 3.8) is 0 Å². The first-order chi connectivity index (χ1) is 7.32. The van der Waals surface area contributed by atoms with E-state index in [2.05, 4.69) is 4.98 Å². The molecule has 0 fully saturated rings. The first-order valence-corrected chi connectivity index (χ1v) is 4.31. The maximum Gasteiger partial charge on any atom is 0.416 e. The third-order valence-corrected chi connectivity index (χ3v) is 1.97. The number of carboxylic acid groups (broad SMARTS) is 1. The Balaban J connectivity index is 3.01. The highest BCUT2D eigenvalue weighted by molar-refractivity contribution is 5.73. The van der Waals surface area contributed by atoms with Crippen LogP contribution in [0.4, 0.5) is 13.2 Å². The van der Waals surface area contributed by atoms with Gasteiger partial charge in [0.15, 0.2) is 0 Å². The van der Waals surface area contributed by atoms with Crippen molar-refractivity contribution in [1.29, 1.82) is 0 Å². The van der Waals surface area contributed by atoms with Crippen LogP contribution in [0.3, 0.4) is 0 Å². The molecule has 1 atom stereocenters. The number of rotatable bonds is 3. The van der Waals surface area contributed by atoms with Crippen LogP contribution in [0.15, 0.2) is 18.5 Å². The van der Waals surface area contributed by atoms with Crippen LogP contribution < -0.4 is 5.73 Å². The molecular formula is C9H9F3N2O2. The topological polar surface area (TPSA) is 76.2 Å². The Morgan fingerprint density at radius 3 is 2.69 bits per heavy atom. The van der Waals surface area contributed by atoms with Crippen LogP contribution >= 0.6 is 0 Å². The monoisotopic (exact) mass is 234 g/mol. The SMILES string of the molecule is NC(Cc1cnccc1C(F)(F)F)C(=O)O. The summed E-state index contributed by atoms with van der Waals surface area (Å²) in [5.74, 6) is -1.35. The number of nitrogens with two attached hydrogens (primary N) is 1. The van der Waals surface area contributed by atoms with Crippen LogP contribution in [-0.4, -0.2) is 22.1 Å². The van der Waals surface area contributed by atoms with Crippen molar-refractivity contribution in [3.05, 3.63) is 29.6 Å². The molecule has 4 nitrogen and oxygen atoms in total. The van der Waals surface area contributed by atoms with Crippen molar-refractivity contribution in [3.8, 4) is 0 Å². The van der Waals surface area contributed by atoms with Gasteiger partial charge in [-0.25, -0.2) is 0 Å². The molecule has 0 saturated heterocycles. The molecule has 0 aliphatic rings. The van der Waals surface area contributed by atoms with E-state index in [9.17, 15) is 18.0 Å². The third-order valence-electron chi connectivity index (χ3n) is 1.97. The maximum absolute atomic E-state index is 12.5. The highest BCUT2D eigenvalue weighted by Crippen LogP contribution is 2.31. The fourth-order valence-corrected chi connectivity index (χ4v) is 1.19. The molecule has 1 aromatic heterocycles. The Hall–Kier alpha value is -1.63. The standard InChI is InChI=1S/C9H9F3N2O2/c10-9(11,12)6-1-2-14-4-5(6)3-7(13)8(15)16/h1-2,4,7H,3,13H2,(H,15,16). The summed E-state index contributed by atoms with van der Waals surface area (Å²) in [7, 11) is 0. The summed E-state index contributed by atoms with van der Waals surface area (Å²) >= 11 is 0. The summed E-state index contributed by atoms with van der Waals surface area (Å²) in [6.45, 7) is 0. The number of hydrogen-bond donors (Lipinski definition) is 2. The van der Waals surface area contributed by atoms with Gasteiger partial charge in [0, 0.05) is 18.8 Å². The average molecular weight is 234 g/mol. The normalized spacial score (nSPS) is 13.5. The largest absolute Gasteiger partial charge is 0.480 e. The van der Waals surface area contributed by atoms with Crippen LogP contribution in [0.25, 0.3) is 0 Å². The second kappa shape index (κ2) is 4.48. The Kier molecular flexibility index (Phi) is 3.48. The number of carboxylic acids is 1. The van der Waals surface area contributed by atoms with Crippen molar-refractivity contribution in [2.24, 2.45) is 5.73 Å². The van der Waals surface area contributed by atoms with E-state index in [1.807, 2.05) is 0 Å². The predicted octanol–water partition coefficient (Wildman–Crippen LogP) is 1.05. The molecule has 0 saturated carbocycles. The first-order valence-electron chi connectivity index (χ1n) is 4.31. The molecule has 88 valence electrons. The molecule has 1 aromatic rings. The molecule has 0 aromatic carbocycles. The van der Waals surface area contributed by atoms with Crippen molar-refractivity contribution in [2.75, 3.05) is 0 Å². The molecule has 0 spiro atoms. The number of nitrogens with zero attached hydrogens (tertiary/aromatic N) is 1. The molecule has 1 unspecified atom stereocenters. The van der Waals surface area contributed by atoms with Gasteiger partial charge in [0.1, 0.15) is 6.04 Å². The van der Waals surface area contributed by atoms with Crippen molar-refractivity contribution < 1.29 is 23.1 Å². The first kappa shape index (κ1) is 12.4. The minimum absolute atomic E-state index is 0.218. The van der Waals surface area contributed by atoms with Gasteiger partial charge >= 0.3 is 12.1 Å². The van der Waals surface area contributed by atoms with Crippen molar-refractivity contribution in [2.45, 2.75) is 18.6 Å². The van der Waals surface area contributed by atoms with Gasteiger partial charge in [-0.2, -0.15) is 13.2 Å². The molecule has 7 heteroatoms. The molecule has 3 N–H and O–H groups in total. The lowest BCUT2D eigenvalue weighted by Gasteiger charge is -2.13.